The number of rotatable bonds is 1. The maximum Gasteiger partial charge on any atom is 0.414 e. The van der Waals surface area contributed by atoms with Crippen molar-refractivity contribution in [3.63, 3.8) is 0 Å². The molecule has 1 aliphatic heterocycles. The second-order valence-electron chi connectivity index (χ2n) is 5.03. The van der Waals surface area contributed by atoms with E-state index in [0.717, 1.165) is 25.3 Å². The van der Waals surface area contributed by atoms with Crippen molar-refractivity contribution in [2.75, 3.05) is 11.9 Å². The summed E-state index contributed by atoms with van der Waals surface area (Å²) in [5.74, 6) is 0.552. The molecule has 0 saturated carbocycles. The minimum absolute atomic E-state index is 0.468. The van der Waals surface area contributed by atoms with Crippen LogP contribution in [0.1, 0.15) is 26.5 Å². The SMILES string of the molecule is CC(C)(C)OC(=O)Nc1ncc2n1CCNC2. The highest BCUT2D eigenvalue weighted by Crippen LogP contribution is 2.15. The second-order valence-corrected chi connectivity index (χ2v) is 5.03. The van der Waals surface area contributed by atoms with Crippen molar-refractivity contribution in [3.8, 4) is 0 Å². The largest absolute Gasteiger partial charge is 0.444 e. The summed E-state index contributed by atoms with van der Waals surface area (Å²) < 4.78 is 7.17. The lowest BCUT2D eigenvalue weighted by molar-refractivity contribution is 0.0634. The Morgan fingerprint density at radius 3 is 3.06 bits per heavy atom. The molecule has 0 aromatic carbocycles. The van der Waals surface area contributed by atoms with Crippen LogP contribution in [0.25, 0.3) is 0 Å². The van der Waals surface area contributed by atoms with Gasteiger partial charge in [-0.3, -0.25) is 5.32 Å². The van der Waals surface area contributed by atoms with Gasteiger partial charge in [0, 0.05) is 19.6 Å². The van der Waals surface area contributed by atoms with Crippen LogP contribution in [0.4, 0.5) is 10.7 Å². The summed E-state index contributed by atoms with van der Waals surface area (Å²) in [5, 5.41) is 5.91. The highest BCUT2D eigenvalue weighted by molar-refractivity contribution is 5.82. The third-order valence-electron chi connectivity index (χ3n) is 2.37. The van der Waals surface area contributed by atoms with E-state index in [1.165, 1.54) is 0 Å². The average molecular weight is 238 g/mol. The predicted octanol–water partition coefficient (Wildman–Crippen LogP) is 1.33. The third-order valence-corrected chi connectivity index (χ3v) is 2.37. The Balaban J connectivity index is 2.04. The maximum atomic E-state index is 11.6. The highest BCUT2D eigenvalue weighted by Gasteiger charge is 2.19. The van der Waals surface area contributed by atoms with Gasteiger partial charge in [-0.1, -0.05) is 0 Å². The van der Waals surface area contributed by atoms with Gasteiger partial charge in [0.2, 0.25) is 5.95 Å². The van der Waals surface area contributed by atoms with E-state index in [-0.39, 0.29) is 0 Å². The van der Waals surface area contributed by atoms with E-state index in [0.29, 0.717) is 5.95 Å². The van der Waals surface area contributed by atoms with Crippen LogP contribution in [-0.2, 0) is 17.8 Å². The van der Waals surface area contributed by atoms with Gasteiger partial charge in [0.05, 0.1) is 11.9 Å². The van der Waals surface area contributed by atoms with Crippen molar-refractivity contribution in [1.82, 2.24) is 14.9 Å². The van der Waals surface area contributed by atoms with Gasteiger partial charge in [-0.2, -0.15) is 0 Å². The summed E-state index contributed by atoms with van der Waals surface area (Å²) in [4.78, 5) is 15.8. The summed E-state index contributed by atoms with van der Waals surface area (Å²) in [6.07, 6.45) is 1.29. The fraction of sp³-hybridized carbons (Fsp3) is 0.636. The molecule has 2 rings (SSSR count). The molecule has 0 spiro atoms. The Morgan fingerprint density at radius 1 is 1.59 bits per heavy atom. The van der Waals surface area contributed by atoms with Gasteiger partial charge in [0.15, 0.2) is 0 Å². The van der Waals surface area contributed by atoms with Crippen molar-refractivity contribution >= 4 is 12.0 Å². The maximum absolute atomic E-state index is 11.6. The van der Waals surface area contributed by atoms with Gasteiger partial charge in [-0.25, -0.2) is 9.78 Å². The summed E-state index contributed by atoms with van der Waals surface area (Å²) in [6, 6.07) is 0. The molecule has 17 heavy (non-hydrogen) atoms. The van der Waals surface area contributed by atoms with Crippen LogP contribution in [0.3, 0.4) is 0 Å². The number of ether oxygens (including phenoxy) is 1. The van der Waals surface area contributed by atoms with E-state index in [4.69, 9.17) is 4.74 Å². The lowest BCUT2D eigenvalue weighted by Crippen LogP contribution is -2.31. The van der Waals surface area contributed by atoms with Crippen molar-refractivity contribution < 1.29 is 9.53 Å². The Kier molecular flexibility index (Phi) is 3.06. The summed E-state index contributed by atoms with van der Waals surface area (Å²) >= 11 is 0. The summed E-state index contributed by atoms with van der Waals surface area (Å²) in [7, 11) is 0. The van der Waals surface area contributed by atoms with E-state index in [1.807, 2.05) is 25.3 Å². The molecule has 6 nitrogen and oxygen atoms in total. The van der Waals surface area contributed by atoms with Crippen LogP contribution in [0.15, 0.2) is 6.20 Å². The van der Waals surface area contributed by atoms with Gasteiger partial charge in [-0.05, 0) is 20.8 Å². The number of hydrogen-bond donors (Lipinski definition) is 2. The molecule has 0 bridgehead atoms. The van der Waals surface area contributed by atoms with Crippen molar-refractivity contribution in [2.24, 2.45) is 0 Å². The molecule has 1 aliphatic rings. The first-order chi connectivity index (χ1) is 7.96. The Hall–Kier alpha value is -1.56. The van der Waals surface area contributed by atoms with Crippen LogP contribution in [0.5, 0.6) is 0 Å². The van der Waals surface area contributed by atoms with E-state index >= 15 is 0 Å². The third kappa shape index (κ3) is 2.97. The zero-order valence-corrected chi connectivity index (χ0v) is 10.4. The first-order valence-corrected chi connectivity index (χ1v) is 5.71. The summed E-state index contributed by atoms with van der Waals surface area (Å²) in [5.41, 5.74) is 0.575. The molecule has 2 heterocycles. The number of aromatic nitrogens is 2. The monoisotopic (exact) mass is 238 g/mol. The van der Waals surface area contributed by atoms with Crippen LogP contribution >= 0.6 is 0 Å². The standard InChI is InChI=1S/C11H18N4O2/c1-11(2,3)17-10(16)14-9-13-7-8-6-12-4-5-15(8)9/h7,12H,4-6H2,1-3H3,(H,13,14,16). The average Bonchev–Trinajstić information content (AvgIpc) is 2.59. The first kappa shape index (κ1) is 11.9. The smallest absolute Gasteiger partial charge is 0.414 e. The van der Waals surface area contributed by atoms with E-state index in [1.54, 1.807) is 6.20 Å². The fourth-order valence-corrected chi connectivity index (χ4v) is 1.70. The lowest BCUT2D eigenvalue weighted by Gasteiger charge is -2.21. The molecule has 0 fully saturated rings. The van der Waals surface area contributed by atoms with E-state index in [2.05, 4.69) is 15.6 Å². The molecule has 0 saturated heterocycles. The molecule has 0 aliphatic carbocycles. The molecule has 0 unspecified atom stereocenters. The first-order valence-electron chi connectivity index (χ1n) is 5.71. The highest BCUT2D eigenvalue weighted by atomic mass is 16.6. The minimum Gasteiger partial charge on any atom is -0.444 e. The second kappa shape index (κ2) is 4.37. The van der Waals surface area contributed by atoms with Crippen LogP contribution in [0.2, 0.25) is 0 Å². The van der Waals surface area contributed by atoms with Crippen molar-refractivity contribution in [3.05, 3.63) is 11.9 Å². The number of amides is 1. The molecular weight excluding hydrogens is 220 g/mol. The molecule has 2 N–H and O–H groups in total. The molecule has 0 radical (unpaired) electrons. The molecule has 1 aromatic heterocycles. The Labute approximate surface area is 100 Å². The molecule has 1 aromatic rings. The molecule has 1 amide bonds. The summed E-state index contributed by atoms with van der Waals surface area (Å²) in [6.45, 7) is 7.96. The lowest BCUT2D eigenvalue weighted by atomic mass is 10.2. The van der Waals surface area contributed by atoms with Crippen molar-refractivity contribution in [1.29, 1.82) is 0 Å². The zero-order chi connectivity index (χ0) is 12.5. The normalized spacial score (nSPS) is 15.2. The van der Waals surface area contributed by atoms with E-state index in [9.17, 15) is 4.79 Å². The topological polar surface area (TPSA) is 68.2 Å². The van der Waals surface area contributed by atoms with Gasteiger partial charge in [0.1, 0.15) is 5.60 Å². The fourth-order valence-electron chi connectivity index (χ4n) is 1.70. The molecule has 0 atom stereocenters. The number of fused-ring (bicyclic) bond motifs is 1. The number of anilines is 1. The van der Waals surface area contributed by atoms with Crippen LogP contribution in [0, 0.1) is 0 Å². The Bertz CT molecular complexity index is 420. The van der Waals surface area contributed by atoms with Crippen LogP contribution < -0.4 is 10.6 Å². The number of nitrogens with one attached hydrogen (secondary N) is 2. The van der Waals surface area contributed by atoms with Gasteiger partial charge < -0.3 is 14.6 Å². The van der Waals surface area contributed by atoms with Gasteiger partial charge in [-0.15, -0.1) is 0 Å². The molecule has 94 valence electrons. The molecular formula is C11H18N4O2. The van der Waals surface area contributed by atoms with Crippen molar-refractivity contribution in [2.45, 2.75) is 39.5 Å². The van der Waals surface area contributed by atoms with E-state index < -0.39 is 11.7 Å². The predicted molar refractivity (Wildman–Crippen MR) is 63.8 cm³/mol. The quantitative estimate of drug-likeness (QED) is 0.774. The number of imidazole rings is 1. The minimum atomic E-state index is -0.497. The van der Waals surface area contributed by atoms with Gasteiger partial charge in [0.25, 0.3) is 0 Å². The zero-order valence-electron chi connectivity index (χ0n) is 10.4. The number of carbonyl (C=O) groups excluding carboxylic acids is 1. The van der Waals surface area contributed by atoms with Crippen LogP contribution in [-0.4, -0.2) is 27.8 Å². The number of carbonyl (C=O) groups is 1. The number of nitrogens with zero attached hydrogens (tertiary/aromatic N) is 2. The number of hydrogen-bond acceptors (Lipinski definition) is 4. The Morgan fingerprint density at radius 2 is 2.35 bits per heavy atom. The molecule has 6 heteroatoms. The van der Waals surface area contributed by atoms with Gasteiger partial charge >= 0.3 is 6.09 Å².